The van der Waals surface area contributed by atoms with Gasteiger partial charge in [-0.2, -0.15) is 10.1 Å². The molecule has 1 saturated heterocycles. The van der Waals surface area contributed by atoms with Crippen LogP contribution in [0.4, 0.5) is 0 Å². The number of likely N-dealkylation sites (N-methyl/N-ethyl adjacent to an activating group) is 2. The Kier molecular flexibility index (Phi) is 3.02. The van der Waals surface area contributed by atoms with Crippen molar-refractivity contribution in [3.8, 4) is 0 Å². The van der Waals surface area contributed by atoms with Crippen molar-refractivity contribution in [3.05, 3.63) is 35.9 Å². The van der Waals surface area contributed by atoms with Crippen molar-refractivity contribution >= 4 is 0 Å². The predicted octanol–water partition coefficient (Wildman–Crippen LogP) is 1.29. The standard InChI is InChI=1S/C11H16N2O2/c1-12-8-10(11(15-12)13(2)14)9-6-4-3-5-7-9/h3-7,10-11,14H,8H2,1-2H3/t10-,11-/m1/s1. The molecule has 1 aromatic rings. The molecule has 0 radical (unpaired) electrons. The van der Waals surface area contributed by atoms with Crippen LogP contribution in [-0.4, -0.2) is 42.2 Å². The van der Waals surface area contributed by atoms with E-state index in [-0.39, 0.29) is 12.1 Å². The fourth-order valence-corrected chi connectivity index (χ4v) is 1.97. The highest BCUT2D eigenvalue weighted by molar-refractivity contribution is 5.21. The lowest BCUT2D eigenvalue weighted by atomic mass is 9.98. The van der Waals surface area contributed by atoms with Crippen LogP contribution in [0.15, 0.2) is 30.3 Å². The van der Waals surface area contributed by atoms with Gasteiger partial charge in [-0.1, -0.05) is 30.3 Å². The van der Waals surface area contributed by atoms with Crippen LogP contribution < -0.4 is 0 Å². The van der Waals surface area contributed by atoms with Gasteiger partial charge in [0.2, 0.25) is 0 Å². The lowest BCUT2D eigenvalue weighted by Gasteiger charge is -2.22. The van der Waals surface area contributed by atoms with Gasteiger partial charge in [-0.15, -0.1) is 0 Å². The largest absolute Gasteiger partial charge is 0.312 e. The second-order valence-electron chi connectivity index (χ2n) is 3.90. The Hall–Kier alpha value is -0.940. The van der Waals surface area contributed by atoms with Gasteiger partial charge in [0.25, 0.3) is 0 Å². The van der Waals surface area contributed by atoms with Crippen molar-refractivity contribution in [1.82, 2.24) is 10.1 Å². The molecule has 82 valence electrons. The quantitative estimate of drug-likeness (QED) is 0.743. The first-order chi connectivity index (χ1) is 7.18. The summed E-state index contributed by atoms with van der Waals surface area (Å²) in [6.07, 6.45) is -0.294. The molecule has 1 N–H and O–H groups in total. The molecule has 4 heteroatoms. The summed E-state index contributed by atoms with van der Waals surface area (Å²) in [6.45, 7) is 0.791. The van der Waals surface area contributed by atoms with Crippen LogP contribution in [0.3, 0.4) is 0 Å². The number of hydrogen-bond donors (Lipinski definition) is 1. The lowest BCUT2D eigenvalue weighted by molar-refractivity contribution is -0.250. The van der Waals surface area contributed by atoms with E-state index in [2.05, 4.69) is 12.1 Å². The Morgan fingerprint density at radius 1 is 1.40 bits per heavy atom. The van der Waals surface area contributed by atoms with E-state index in [9.17, 15) is 5.21 Å². The van der Waals surface area contributed by atoms with Gasteiger partial charge in [0.05, 0.1) is 0 Å². The summed E-state index contributed by atoms with van der Waals surface area (Å²) in [5, 5.41) is 12.4. The molecule has 2 rings (SSSR count). The molecule has 0 amide bonds. The second-order valence-corrected chi connectivity index (χ2v) is 3.90. The van der Waals surface area contributed by atoms with Gasteiger partial charge in [0.1, 0.15) is 0 Å². The molecule has 0 bridgehead atoms. The summed E-state index contributed by atoms with van der Waals surface area (Å²) >= 11 is 0. The minimum atomic E-state index is -0.294. The van der Waals surface area contributed by atoms with Gasteiger partial charge in [-0.25, -0.2) is 0 Å². The van der Waals surface area contributed by atoms with Crippen molar-refractivity contribution in [2.45, 2.75) is 12.1 Å². The fraction of sp³-hybridized carbons (Fsp3) is 0.455. The molecule has 15 heavy (non-hydrogen) atoms. The van der Waals surface area contributed by atoms with Gasteiger partial charge in [-0.05, 0) is 5.56 Å². The zero-order valence-electron chi connectivity index (χ0n) is 9.00. The maximum Gasteiger partial charge on any atom is 0.161 e. The second kappa shape index (κ2) is 4.28. The number of rotatable bonds is 2. The topological polar surface area (TPSA) is 35.9 Å². The van der Waals surface area contributed by atoms with Crippen molar-refractivity contribution in [1.29, 1.82) is 0 Å². The monoisotopic (exact) mass is 208 g/mol. The molecule has 0 aromatic heterocycles. The first kappa shape index (κ1) is 10.6. The van der Waals surface area contributed by atoms with Crippen molar-refractivity contribution in [2.75, 3.05) is 20.6 Å². The molecule has 0 saturated carbocycles. The summed E-state index contributed by atoms with van der Waals surface area (Å²) in [7, 11) is 3.49. The van der Waals surface area contributed by atoms with Crippen LogP contribution >= 0.6 is 0 Å². The van der Waals surface area contributed by atoms with Crippen LogP contribution in [0.2, 0.25) is 0 Å². The van der Waals surface area contributed by atoms with Gasteiger partial charge in [0.15, 0.2) is 6.23 Å². The summed E-state index contributed by atoms with van der Waals surface area (Å²) in [4.78, 5) is 5.50. The summed E-state index contributed by atoms with van der Waals surface area (Å²) in [5.74, 6) is 0.186. The minimum absolute atomic E-state index is 0.186. The third-order valence-electron chi connectivity index (χ3n) is 2.68. The van der Waals surface area contributed by atoms with Gasteiger partial charge in [-0.3, -0.25) is 4.84 Å². The summed E-state index contributed by atoms with van der Waals surface area (Å²) in [6, 6.07) is 10.1. The van der Waals surface area contributed by atoms with E-state index in [4.69, 9.17) is 4.84 Å². The maximum atomic E-state index is 9.48. The third kappa shape index (κ3) is 2.18. The van der Waals surface area contributed by atoms with Crippen LogP contribution in [0, 0.1) is 0 Å². The van der Waals surface area contributed by atoms with E-state index in [1.165, 1.54) is 5.56 Å². The van der Waals surface area contributed by atoms with Gasteiger partial charge < -0.3 is 5.21 Å². The molecule has 1 fully saturated rings. The molecular weight excluding hydrogens is 192 g/mol. The number of benzene rings is 1. The Morgan fingerprint density at radius 3 is 2.67 bits per heavy atom. The smallest absolute Gasteiger partial charge is 0.161 e. The predicted molar refractivity (Wildman–Crippen MR) is 56.2 cm³/mol. The van der Waals surface area contributed by atoms with Crippen LogP contribution in [0.5, 0.6) is 0 Å². The number of hydroxylamine groups is 4. The van der Waals surface area contributed by atoms with E-state index in [1.54, 1.807) is 12.1 Å². The average Bonchev–Trinajstić information content (AvgIpc) is 2.62. The number of hydrogen-bond acceptors (Lipinski definition) is 4. The molecule has 2 atom stereocenters. The Balaban J connectivity index is 2.21. The third-order valence-corrected chi connectivity index (χ3v) is 2.68. The molecule has 0 unspecified atom stereocenters. The SMILES string of the molecule is CN1C[C@H](c2ccccc2)[C@H](N(C)O)O1. The van der Waals surface area contributed by atoms with E-state index in [1.807, 2.05) is 25.2 Å². The van der Waals surface area contributed by atoms with Crippen LogP contribution in [0.1, 0.15) is 11.5 Å². The average molecular weight is 208 g/mol. The highest BCUT2D eigenvalue weighted by Crippen LogP contribution is 2.29. The fourth-order valence-electron chi connectivity index (χ4n) is 1.97. The van der Waals surface area contributed by atoms with Gasteiger partial charge in [0, 0.05) is 26.6 Å². The highest BCUT2D eigenvalue weighted by atomic mass is 16.7. The van der Waals surface area contributed by atoms with Crippen molar-refractivity contribution in [2.24, 2.45) is 0 Å². The highest BCUT2D eigenvalue weighted by Gasteiger charge is 2.35. The Bertz CT molecular complexity index is 316. The lowest BCUT2D eigenvalue weighted by Crippen LogP contribution is -2.33. The van der Waals surface area contributed by atoms with E-state index in [0.29, 0.717) is 0 Å². The van der Waals surface area contributed by atoms with Crippen molar-refractivity contribution in [3.63, 3.8) is 0 Å². The van der Waals surface area contributed by atoms with E-state index < -0.39 is 0 Å². The van der Waals surface area contributed by atoms with Gasteiger partial charge >= 0.3 is 0 Å². The molecule has 0 spiro atoms. The first-order valence-corrected chi connectivity index (χ1v) is 5.03. The summed E-state index contributed by atoms with van der Waals surface area (Å²) in [5.41, 5.74) is 1.19. The first-order valence-electron chi connectivity index (χ1n) is 5.03. The van der Waals surface area contributed by atoms with Crippen LogP contribution in [-0.2, 0) is 4.84 Å². The number of nitrogens with zero attached hydrogens (tertiary/aromatic N) is 2. The molecular formula is C11H16N2O2. The van der Waals surface area contributed by atoms with E-state index in [0.717, 1.165) is 11.6 Å². The Morgan fingerprint density at radius 2 is 2.07 bits per heavy atom. The molecule has 0 aliphatic carbocycles. The maximum absolute atomic E-state index is 9.48. The molecule has 1 heterocycles. The summed E-state index contributed by atoms with van der Waals surface area (Å²) < 4.78 is 0. The molecule has 4 nitrogen and oxygen atoms in total. The zero-order valence-corrected chi connectivity index (χ0v) is 9.00. The van der Waals surface area contributed by atoms with Crippen molar-refractivity contribution < 1.29 is 10.0 Å². The molecule has 1 aliphatic rings. The molecule has 1 aromatic carbocycles. The minimum Gasteiger partial charge on any atom is -0.312 e. The molecule has 1 aliphatic heterocycles. The Labute approximate surface area is 89.6 Å². The normalized spacial score (nSPS) is 27.5. The van der Waals surface area contributed by atoms with Crippen LogP contribution in [0.25, 0.3) is 0 Å². The van der Waals surface area contributed by atoms with E-state index >= 15 is 0 Å². The zero-order chi connectivity index (χ0) is 10.8.